The number of anilines is 1. The molecule has 178 valence electrons. The fraction of sp³-hybridized carbons (Fsp3) is 0.185. The van der Waals surface area contributed by atoms with Gasteiger partial charge in [0.1, 0.15) is 12.4 Å². The van der Waals surface area contributed by atoms with E-state index >= 15 is 0 Å². The average Bonchev–Trinajstić information content (AvgIpc) is 3.36. The Balaban J connectivity index is 1.26. The molecule has 3 aromatic carbocycles. The Labute approximate surface area is 208 Å². The topological polar surface area (TPSA) is 93.2 Å². The zero-order valence-electron chi connectivity index (χ0n) is 19.4. The number of hydrogen-bond donors (Lipinski definition) is 2. The van der Waals surface area contributed by atoms with Crippen molar-refractivity contribution in [1.29, 1.82) is 0 Å². The number of nitrogens with zero attached hydrogens (tertiary/aromatic N) is 2. The lowest BCUT2D eigenvalue weighted by Crippen LogP contribution is -2.25. The Morgan fingerprint density at radius 2 is 1.71 bits per heavy atom. The summed E-state index contributed by atoms with van der Waals surface area (Å²) in [6.45, 7) is 2.81. The molecule has 0 radical (unpaired) electrons. The van der Waals surface area contributed by atoms with Crippen LogP contribution < -0.4 is 15.4 Å². The molecular formula is C27H26N4O3S. The van der Waals surface area contributed by atoms with Gasteiger partial charge in [-0.15, -0.1) is 10.2 Å². The summed E-state index contributed by atoms with van der Waals surface area (Å²) in [5.41, 5.74) is 3.39. The summed E-state index contributed by atoms with van der Waals surface area (Å²) >= 11 is 1.17. The Bertz CT molecular complexity index is 1270. The van der Waals surface area contributed by atoms with Crippen LogP contribution in [0.15, 0.2) is 78.9 Å². The second-order valence-electron chi connectivity index (χ2n) is 7.98. The quantitative estimate of drug-likeness (QED) is 0.306. The molecule has 4 rings (SSSR count). The third-order valence-electron chi connectivity index (χ3n) is 5.20. The van der Waals surface area contributed by atoms with Gasteiger partial charge in [-0.1, -0.05) is 65.4 Å². The van der Waals surface area contributed by atoms with Gasteiger partial charge < -0.3 is 15.4 Å². The number of carbonyl (C=O) groups is 2. The van der Waals surface area contributed by atoms with Crippen LogP contribution in [0.4, 0.5) is 5.69 Å². The van der Waals surface area contributed by atoms with E-state index in [0.717, 1.165) is 24.2 Å². The van der Waals surface area contributed by atoms with Crippen molar-refractivity contribution >= 4 is 28.8 Å². The van der Waals surface area contributed by atoms with Crippen molar-refractivity contribution in [3.63, 3.8) is 0 Å². The molecule has 1 heterocycles. The summed E-state index contributed by atoms with van der Waals surface area (Å²) in [7, 11) is 0. The number of aromatic nitrogens is 2. The second kappa shape index (κ2) is 11.9. The van der Waals surface area contributed by atoms with E-state index in [2.05, 4.69) is 33.0 Å². The standard InChI is InChI=1S/C27H26N4O3S/c1-19-12-14-23(15-13-19)34-18-24-30-31-27(35-24)26(33)29-22-11-5-10-21(17-22)25(32)28-16-6-9-20-7-3-2-4-8-20/h2-5,7-8,10-15,17H,6,9,16,18H2,1H3,(H,28,32)(H,29,33). The lowest BCUT2D eigenvalue weighted by Gasteiger charge is -2.08. The highest BCUT2D eigenvalue weighted by Crippen LogP contribution is 2.18. The normalized spacial score (nSPS) is 10.5. The van der Waals surface area contributed by atoms with Crippen LogP contribution >= 0.6 is 11.3 Å². The van der Waals surface area contributed by atoms with Crippen molar-refractivity contribution in [2.75, 3.05) is 11.9 Å². The fourth-order valence-electron chi connectivity index (χ4n) is 3.35. The first-order valence-electron chi connectivity index (χ1n) is 11.3. The molecule has 0 aliphatic heterocycles. The molecule has 0 bridgehead atoms. The molecule has 8 heteroatoms. The van der Waals surface area contributed by atoms with Crippen LogP contribution in [0.5, 0.6) is 5.75 Å². The van der Waals surface area contributed by atoms with Crippen molar-refractivity contribution < 1.29 is 14.3 Å². The van der Waals surface area contributed by atoms with Gasteiger partial charge >= 0.3 is 0 Å². The monoisotopic (exact) mass is 486 g/mol. The van der Waals surface area contributed by atoms with Gasteiger partial charge in [-0.05, 0) is 55.7 Å². The first kappa shape index (κ1) is 24.1. The van der Waals surface area contributed by atoms with E-state index < -0.39 is 0 Å². The summed E-state index contributed by atoms with van der Waals surface area (Å²) in [4.78, 5) is 25.1. The number of hydrogen-bond acceptors (Lipinski definition) is 6. The molecule has 2 N–H and O–H groups in total. The number of benzene rings is 3. The summed E-state index contributed by atoms with van der Waals surface area (Å²) in [5.74, 6) is 0.164. The highest BCUT2D eigenvalue weighted by Gasteiger charge is 2.14. The minimum absolute atomic E-state index is 0.180. The molecule has 1 aromatic heterocycles. The lowest BCUT2D eigenvalue weighted by molar-refractivity contribution is 0.0951. The van der Waals surface area contributed by atoms with Crippen molar-refractivity contribution in [1.82, 2.24) is 15.5 Å². The van der Waals surface area contributed by atoms with Gasteiger partial charge in [0.25, 0.3) is 11.8 Å². The highest BCUT2D eigenvalue weighted by molar-refractivity contribution is 7.13. The van der Waals surface area contributed by atoms with Crippen molar-refractivity contribution in [3.05, 3.63) is 106 Å². The predicted molar refractivity (Wildman–Crippen MR) is 137 cm³/mol. The van der Waals surface area contributed by atoms with Crippen LogP contribution in [0.1, 0.15) is 42.7 Å². The molecule has 0 aliphatic carbocycles. The number of nitrogens with one attached hydrogen (secondary N) is 2. The van der Waals surface area contributed by atoms with Gasteiger partial charge in [0.05, 0.1) is 0 Å². The molecule has 0 aliphatic rings. The minimum atomic E-state index is -0.385. The molecule has 2 amide bonds. The third kappa shape index (κ3) is 7.22. The number of amides is 2. The SMILES string of the molecule is Cc1ccc(OCc2nnc(C(=O)Nc3cccc(C(=O)NCCCc4ccccc4)c3)s2)cc1. The Morgan fingerprint density at radius 1 is 0.914 bits per heavy atom. The molecule has 4 aromatic rings. The van der Waals surface area contributed by atoms with Gasteiger partial charge in [0.15, 0.2) is 5.01 Å². The van der Waals surface area contributed by atoms with E-state index in [1.54, 1.807) is 24.3 Å². The maximum absolute atomic E-state index is 12.6. The Morgan fingerprint density at radius 3 is 2.51 bits per heavy atom. The van der Waals surface area contributed by atoms with Gasteiger partial charge in [0.2, 0.25) is 5.01 Å². The average molecular weight is 487 g/mol. The van der Waals surface area contributed by atoms with E-state index in [0.29, 0.717) is 22.8 Å². The lowest BCUT2D eigenvalue weighted by atomic mass is 10.1. The number of ether oxygens (including phenoxy) is 1. The van der Waals surface area contributed by atoms with E-state index in [4.69, 9.17) is 4.74 Å². The van der Waals surface area contributed by atoms with Crippen molar-refractivity contribution in [3.8, 4) is 5.75 Å². The molecule has 0 fully saturated rings. The van der Waals surface area contributed by atoms with Crippen molar-refractivity contribution in [2.24, 2.45) is 0 Å². The smallest absolute Gasteiger partial charge is 0.286 e. The van der Waals surface area contributed by atoms with E-state index in [1.165, 1.54) is 16.9 Å². The third-order valence-corrected chi connectivity index (χ3v) is 6.09. The largest absolute Gasteiger partial charge is 0.486 e. The molecule has 0 unspecified atom stereocenters. The predicted octanol–water partition coefficient (Wildman–Crippen LogP) is 5.04. The summed E-state index contributed by atoms with van der Waals surface area (Å²) < 4.78 is 5.70. The maximum Gasteiger partial charge on any atom is 0.286 e. The zero-order valence-corrected chi connectivity index (χ0v) is 20.2. The minimum Gasteiger partial charge on any atom is -0.486 e. The second-order valence-corrected chi connectivity index (χ2v) is 9.04. The molecule has 0 saturated heterocycles. The Kier molecular flexibility index (Phi) is 8.19. The molecule has 0 spiro atoms. The Hall–Kier alpha value is -4.04. The van der Waals surface area contributed by atoms with E-state index in [9.17, 15) is 9.59 Å². The summed E-state index contributed by atoms with van der Waals surface area (Å²) in [6, 6.07) is 24.7. The number of carbonyl (C=O) groups excluding carboxylic acids is 2. The van der Waals surface area contributed by atoms with Crippen LogP contribution in [0.25, 0.3) is 0 Å². The summed E-state index contributed by atoms with van der Waals surface area (Å²) in [6.07, 6.45) is 1.75. The van der Waals surface area contributed by atoms with Crippen molar-refractivity contribution in [2.45, 2.75) is 26.4 Å². The van der Waals surface area contributed by atoms with Gasteiger partial charge in [-0.2, -0.15) is 0 Å². The molecule has 0 atom stereocenters. The van der Waals surface area contributed by atoms with Gasteiger partial charge in [0, 0.05) is 17.8 Å². The van der Waals surface area contributed by atoms with Gasteiger partial charge in [-0.25, -0.2) is 0 Å². The zero-order chi connectivity index (χ0) is 24.5. The number of aryl methyl sites for hydroxylation is 2. The highest BCUT2D eigenvalue weighted by atomic mass is 32.1. The summed E-state index contributed by atoms with van der Waals surface area (Å²) in [5, 5.41) is 14.5. The van der Waals surface area contributed by atoms with E-state index in [-0.39, 0.29) is 23.4 Å². The molecule has 7 nitrogen and oxygen atoms in total. The van der Waals surface area contributed by atoms with Gasteiger partial charge in [-0.3, -0.25) is 9.59 Å². The fourth-order valence-corrected chi connectivity index (χ4v) is 4.00. The van der Waals surface area contributed by atoms with Crippen LogP contribution in [-0.2, 0) is 13.0 Å². The van der Waals surface area contributed by atoms with Crippen LogP contribution in [0.3, 0.4) is 0 Å². The van der Waals surface area contributed by atoms with Crippen LogP contribution in [-0.4, -0.2) is 28.6 Å². The maximum atomic E-state index is 12.6. The van der Waals surface area contributed by atoms with E-state index in [1.807, 2.05) is 49.4 Å². The molecule has 35 heavy (non-hydrogen) atoms. The number of rotatable bonds is 10. The molecular weight excluding hydrogens is 460 g/mol. The molecule has 0 saturated carbocycles. The first-order valence-corrected chi connectivity index (χ1v) is 12.1. The first-order chi connectivity index (χ1) is 17.1. The van der Waals surface area contributed by atoms with Crippen LogP contribution in [0, 0.1) is 6.92 Å². The van der Waals surface area contributed by atoms with Crippen LogP contribution in [0.2, 0.25) is 0 Å².